The Hall–Kier alpha value is -3.39. The van der Waals surface area contributed by atoms with Crippen LogP contribution in [0.4, 0.5) is 13.2 Å². The Morgan fingerprint density at radius 2 is 1.91 bits per heavy atom. The molecule has 0 radical (unpaired) electrons. The molecule has 5 nitrogen and oxygen atoms in total. The fraction of sp³-hybridized carbons (Fsp3) is 0.333. The highest BCUT2D eigenvalue weighted by Gasteiger charge is 2.49. The van der Waals surface area contributed by atoms with Crippen molar-refractivity contribution in [2.45, 2.75) is 19.3 Å². The van der Waals surface area contributed by atoms with Crippen LogP contribution in [0.3, 0.4) is 0 Å². The molecule has 2 heterocycles. The van der Waals surface area contributed by atoms with E-state index in [1.54, 1.807) is 31.4 Å². The molecule has 1 fully saturated rings. The van der Waals surface area contributed by atoms with E-state index in [-0.39, 0.29) is 17.3 Å². The van der Waals surface area contributed by atoms with Gasteiger partial charge in [0.25, 0.3) is 0 Å². The summed E-state index contributed by atoms with van der Waals surface area (Å²) in [5.41, 5.74) is 0.725. The van der Waals surface area contributed by atoms with Crippen molar-refractivity contribution in [2.75, 3.05) is 33.9 Å². The molecule has 8 heteroatoms. The average Bonchev–Trinajstić information content (AvgIpc) is 2.84. The van der Waals surface area contributed by atoms with E-state index in [9.17, 15) is 18.0 Å². The van der Waals surface area contributed by atoms with Gasteiger partial charge in [-0.2, -0.15) is 0 Å². The number of ether oxygens (including phenoxy) is 2. The molecule has 184 valence electrons. The molecule has 0 bridgehead atoms. The molecular formula is C27H27F3N2O3. The number of pyridine rings is 1. The van der Waals surface area contributed by atoms with Crippen LogP contribution >= 0.6 is 0 Å². The van der Waals surface area contributed by atoms with Gasteiger partial charge < -0.3 is 9.47 Å². The van der Waals surface area contributed by atoms with Crippen LogP contribution < -0.4 is 4.74 Å². The first kappa shape index (κ1) is 24.7. The Bertz CT molecular complexity index is 1260. The molecule has 35 heavy (non-hydrogen) atoms. The summed E-state index contributed by atoms with van der Waals surface area (Å²) >= 11 is 0. The molecule has 0 unspecified atom stereocenters. The summed E-state index contributed by atoms with van der Waals surface area (Å²) in [5, 5.41) is 0.696. The Balaban J connectivity index is 1.39. The van der Waals surface area contributed by atoms with Crippen LogP contribution in [-0.2, 0) is 16.0 Å². The lowest BCUT2D eigenvalue weighted by molar-refractivity contribution is -0.164. The summed E-state index contributed by atoms with van der Waals surface area (Å²) in [6.45, 7) is 1.43. The van der Waals surface area contributed by atoms with E-state index >= 15 is 0 Å². The smallest absolute Gasteiger partial charge is 0.314 e. The van der Waals surface area contributed by atoms with E-state index in [1.165, 1.54) is 19.4 Å². The van der Waals surface area contributed by atoms with Gasteiger partial charge in [0.05, 0.1) is 31.3 Å². The predicted octanol–water partition coefficient (Wildman–Crippen LogP) is 5.17. The molecule has 1 aliphatic heterocycles. The number of hydrogen-bond acceptors (Lipinski definition) is 5. The maximum atomic E-state index is 14.6. The van der Waals surface area contributed by atoms with Crippen molar-refractivity contribution in [3.8, 4) is 5.75 Å². The van der Waals surface area contributed by atoms with Gasteiger partial charge in [0.15, 0.2) is 0 Å². The summed E-state index contributed by atoms with van der Waals surface area (Å²) in [5.74, 6) is -1.06. The number of methoxy groups -OCH3 is 2. The molecule has 0 amide bonds. The van der Waals surface area contributed by atoms with Gasteiger partial charge in [-0.15, -0.1) is 0 Å². The minimum atomic E-state index is -0.677. The number of aromatic nitrogens is 1. The number of benzene rings is 2. The normalized spacial score (nSPS) is 15.3. The molecule has 1 aliphatic rings. The molecule has 1 saturated heterocycles. The van der Waals surface area contributed by atoms with Gasteiger partial charge in [-0.25, -0.2) is 13.2 Å². The molecule has 3 aromatic rings. The molecule has 1 aromatic heterocycles. The number of aryl methyl sites for hydroxylation is 1. The molecular weight excluding hydrogens is 457 g/mol. The Morgan fingerprint density at radius 1 is 1.11 bits per heavy atom. The van der Waals surface area contributed by atoms with E-state index in [2.05, 4.69) is 4.98 Å². The Kier molecular flexibility index (Phi) is 7.40. The lowest BCUT2D eigenvalue weighted by Gasteiger charge is -2.47. The zero-order valence-electron chi connectivity index (χ0n) is 19.7. The first-order chi connectivity index (χ1) is 16.8. The van der Waals surface area contributed by atoms with Gasteiger partial charge in [0.2, 0.25) is 0 Å². The van der Waals surface area contributed by atoms with Crippen molar-refractivity contribution < 1.29 is 27.4 Å². The van der Waals surface area contributed by atoms with Crippen LogP contribution in [0.15, 0.2) is 48.7 Å². The SMILES string of the molecule is COC(=O)C1(CCCc2c(F)cnc3ccc(OC)cc23)CN(CC=Cc2cc(F)ccc2F)C1. The highest BCUT2D eigenvalue weighted by atomic mass is 19.1. The first-order valence-corrected chi connectivity index (χ1v) is 11.4. The van der Waals surface area contributed by atoms with Crippen LogP contribution in [0.2, 0.25) is 0 Å². The predicted molar refractivity (Wildman–Crippen MR) is 127 cm³/mol. The van der Waals surface area contributed by atoms with Crippen molar-refractivity contribution in [3.05, 3.63) is 77.2 Å². The molecule has 0 aliphatic carbocycles. The zero-order valence-corrected chi connectivity index (χ0v) is 19.7. The molecule has 0 N–H and O–H groups in total. The van der Waals surface area contributed by atoms with E-state index in [1.807, 2.05) is 4.90 Å². The van der Waals surface area contributed by atoms with Crippen molar-refractivity contribution in [1.82, 2.24) is 9.88 Å². The number of carbonyl (C=O) groups excluding carboxylic acids is 1. The quantitative estimate of drug-likeness (QED) is 0.392. The first-order valence-electron chi connectivity index (χ1n) is 11.4. The molecule has 0 atom stereocenters. The van der Waals surface area contributed by atoms with Gasteiger partial charge in [-0.3, -0.25) is 14.7 Å². The maximum Gasteiger partial charge on any atom is 0.314 e. The minimum absolute atomic E-state index is 0.174. The standard InChI is InChI=1S/C27H27F3N2O3/c1-34-20-8-10-25-22(14-20)21(24(30)15-31-25)6-3-11-27(26(33)35-2)16-32(17-27)12-4-5-18-13-19(28)7-9-23(18)29/h4-5,7-10,13-15H,3,6,11-12,16-17H2,1-2H3. The van der Waals surface area contributed by atoms with Crippen LogP contribution in [0, 0.1) is 22.9 Å². The molecule has 4 rings (SSSR count). The fourth-order valence-corrected chi connectivity index (χ4v) is 4.70. The zero-order chi connectivity index (χ0) is 25.0. The number of likely N-dealkylation sites (tertiary alicyclic amines) is 1. The highest BCUT2D eigenvalue weighted by Crippen LogP contribution is 2.37. The summed E-state index contributed by atoms with van der Waals surface area (Å²) in [6.07, 6.45) is 6.05. The lowest BCUT2D eigenvalue weighted by atomic mass is 9.75. The van der Waals surface area contributed by atoms with Gasteiger partial charge in [-0.1, -0.05) is 12.2 Å². The molecule has 0 spiro atoms. The Labute approximate surface area is 202 Å². The lowest BCUT2D eigenvalue weighted by Crippen LogP contribution is -2.60. The number of esters is 1. The average molecular weight is 485 g/mol. The third kappa shape index (κ3) is 5.32. The number of nitrogens with zero attached hydrogens (tertiary/aromatic N) is 2. The van der Waals surface area contributed by atoms with Crippen LogP contribution in [0.5, 0.6) is 5.75 Å². The highest BCUT2D eigenvalue weighted by molar-refractivity contribution is 5.83. The number of hydrogen-bond donors (Lipinski definition) is 0. The summed E-state index contributed by atoms with van der Waals surface area (Å²) in [6, 6.07) is 8.65. The third-order valence-corrected chi connectivity index (χ3v) is 6.51. The topological polar surface area (TPSA) is 51.7 Å². The van der Waals surface area contributed by atoms with Crippen molar-refractivity contribution >= 4 is 22.9 Å². The van der Waals surface area contributed by atoms with Gasteiger partial charge in [-0.05, 0) is 61.2 Å². The second-order valence-electron chi connectivity index (χ2n) is 8.83. The summed E-state index contributed by atoms with van der Waals surface area (Å²) < 4.78 is 52.1. The second kappa shape index (κ2) is 10.5. The van der Waals surface area contributed by atoms with Crippen molar-refractivity contribution in [3.63, 3.8) is 0 Å². The molecule has 2 aromatic carbocycles. The van der Waals surface area contributed by atoms with Gasteiger partial charge in [0, 0.05) is 30.6 Å². The van der Waals surface area contributed by atoms with E-state index in [0.29, 0.717) is 61.1 Å². The Morgan fingerprint density at radius 3 is 2.66 bits per heavy atom. The molecule has 0 saturated carbocycles. The minimum Gasteiger partial charge on any atom is -0.497 e. The summed E-state index contributed by atoms with van der Waals surface area (Å²) in [4.78, 5) is 18.8. The number of fused-ring (bicyclic) bond motifs is 1. The fourth-order valence-electron chi connectivity index (χ4n) is 4.70. The van der Waals surface area contributed by atoms with Crippen LogP contribution in [-0.4, -0.2) is 49.7 Å². The van der Waals surface area contributed by atoms with Crippen molar-refractivity contribution in [2.24, 2.45) is 5.41 Å². The van der Waals surface area contributed by atoms with Crippen LogP contribution in [0.1, 0.15) is 24.0 Å². The number of halogens is 3. The van der Waals surface area contributed by atoms with Gasteiger partial charge in [0.1, 0.15) is 23.2 Å². The number of rotatable bonds is 9. The second-order valence-corrected chi connectivity index (χ2v) is 8.83. The van der Waals surface area contributed by atoms with Crippen molar-refractivity contribution in [1.29, 1.82) is 0 Å². The maximum absolute atomic E-state index is 14.6. The van der Waals surface area contributed by atoms with Crippen LogP contribution in [0.25, 0.3) is 17.0 Å². The third-order valence-electron chi connectivity index (χ3n) is 6.51. The van der Waals surface area contributed by atoms with E-state index in [0.717, 1.165) is 18.2 Å². The number of carbonyl (C=O) groups is 1. The van der Waals surface area contributed by atoms with Gasteiger partial charge >= 0.3 is 5.97 Å². The largest absolute Gasteiger partial charge is 0.497 e. The van der Waals surface area contributed by atoms with E-state index < -0.39 is 17.0 Å². The summed E-state index contributed by atoms with van der Waals surface area (Å²) in [7, 11) is 2.92. The van der Waals surface area contributed by atoms with E-state index in [4.69, 9.17) is 9.47 Å². The monoisotopic (exact) mass is 484 g/mol.